The van der Waals surface area contributed by atoms with Crippen LogP contribution in [-0.2, 0) is 26.2 Å². The molecule has 0 aliphatic heterocycles. The van der Waals surface area contributed by atoms with Gasteiger partial charge in [0.15, 0.2) is 0 Å². The number of aryl methyl sites for hydroxylation is 2. The van der Waals surface area contributed by atoms with Crippen molar-refractivity contribution in [3.8, 4) is 0 Å². The van der Waals surface area contributed by atoms with Crippen LogP contribution in [0.1, 0.15) is 56.2 Å². The molecule has 7 nitrogen and oxygen atoms in total. The molecular formula is C27H39N3O4S. The molecule has 0 unspecified atom stereocenters. The molecule has 8 heteroatoms. The van der Waals surface area contributed by atoms with Crippen LogP contribution < -0.4 is 9.62 Å². The molecule has 1 N–H and O–H groups in total. The summed E-state index contributed by atoms with van der Waals surface area (Å²) in [7, 11) is -3.50. The number of amides is 2. The van der Waals surface area contributed by atoms with E-state index in [2.05, 4.69) is 12.2 Å². The average molecular weight is 502 g/mol. The van der Waals surface area contributed by atoms with Gasteiger partial charge in [0.05, 0.1) is 11.9 Å². The zero-order chi connectivity index (χ0) is 26.0. The first-order valence-corrected chi connectivity index (χ1v) is 14.1. The quantitative estimate of drug-likeness (QED) is 0.417. The third-order valence-corrected chi connectivity index (χ3v) is 7.27. The van der Waals surface area contributed by atoms with Crippen molar-refractivity contribution in [2.45, 2.75) is 66.0 Å². The van der Waals surface area contributed by atoms with E-state index in [1.807, 2.05) is 50.2 Å². The Hall–Kier alpha value is -2.87. The predicted octanol–water partition coefficient (Wildman–Crippen LogP) is 4.18. The smallest absolute Gasteiger partial charge is 0.242 e. The van der Waals surface area contributed by atoms with Crippen LogP contribution in [-0.4, -0.2) is 50.5 Å². The molecule has 0 aliphatic carbocycles. The van der Waals surface area contributed by atoms with Crippen molar-refractivity contribution in [3.05, 3.63) is 65.2 Å². The van der Waals surface area contributed by atoms with Gasteiger partial charge in [-0.25, -0.2) is 8.42 Å². The van der Waals surface area contributed by atoms with Crippen molar-refractivity contribution in [1.29, 1.82) is 0 Å². The molecular weight excluding hydrogens is 462 g/mol. The summed E-state index contributed by atoms with van der Waals surface area (Å²) in [5, 5.41) is 2.92. The Balaban J connectivity index is 2.14. The minimum Gasteiger partial charge on any atom is -0.354 e. The van der Waals surface area contributed by atoms with Gasteiger partial charge < -0.3 is 10.2 Å². The van der Waals surface area contributed by atoms with Crippen LogP contribution in [0, 0.1) is 13.8 Å². The maximum atomic E-state index is 13.3. The van der Waals surface area contributed by atoms with Gasteiger partial charge in [-0.15, -0.1) is 0 Å². The molecule has 0 saturated heterocycles. The molecule has 0 fully saturated rings. The molecule has 0 saturated carbocycles. The number of unbranched alkanes of at least 4 members (excludes halogenated alkanes) is 1. The second kappa shape index (κ2) is 13.3. The normalized spacial score (nSPS) is 12.1. The summed E-state index contributed by atoms with van der Waals surface area (Å²) in [6.07, 6.45) is 3.50. The molecule has 0 aromatic heterocycles. The molecule has 0 aliphatic rings. The Labute approximate surface area is 210 Å². The van der Waals surface area contributed by atoms with Gasteiger partial charge in [0.1, 0.15) is 6.04 Å². The molecule has 2 aromatic carbocycles. The van der Waals surface area contributed by atoms with Crippen LogP contribution in [0.2, 0.25) is 0 Å². The van der Waals surface area contributed by atoms with E-state index in [9.17, 15) is 18.0 Å². The SMILES string of the molecule is CCCCNC(=O)[C@@H](C)N(Cc1ccccc1C)C(=O)CCCN(c1ccc(C)cc1)S(C)(=O)=O. The number of anilines is 1. The summed E-state index contributed by atoms with van der Waals surface area (Å²) in [6, 6.07) is 14.4. The fourth-order valence-corrected chi connectivity index (χ4v) is 4.77. The second-order valence-electron chi connectivity index (χ2n) is 9.04. The van der Waals surface area contributed by atoms with Crippen LogP contribution in [0.3, 0.4) is 0 Å². The summed E-state index contributed by atoms with van der Waals surface area (Å²) in [5.74, 6) is -0.360. The van der Waals surface area contributed by atoms with Gasteiger partial charge in [-0.2, -0.15) is 0 Å². The van der Waals surface area contributed by atoms with Crippen LogP contribution >= 0.6 is 0 Å². The van der Waals surface area contributed by atoms with Crippen molar-refractivity contribution in [2.24, 2.45) is 0 Å². The molecule has 35 heavy (non-hydrogen) atoms. The van der Waals surface area contributed by atoms with Crippen molar-refractivity contribution in [3.63, 3.8) is 0 Å². The maximum Gasteiger partial charge on any atom is 0.242 e. The number of hydrogen-bond donors (Lipinski definition) is 1. The summed E-state index contributed by atoms with van der Waals surface area (Å²) in [6.45, 7) is 8.80. The molecule has 0 spiro atoms. The number of sulfonamides is 1. The molecule has 0 radical (unpaired) electrons. The number of carbonyl (C=O) groups is 2. The molecule has 0 bridgehead atoms. The molecule has 2 rings (SSSR count). The second-order valence-corrected chi connectivity index (χ2v) is 10.9. The lowest BCUT2D eigenvalue weighted by atomic mass is 10.1. The largest absolute Gasteiger partial charge is 0.354 e. The van der Waals surface area contributed by atoms with Gasteiger partial charge in [-0.3, -0.25) is 13.9 Å². The Bertz CT molecular complexity index is 1080. The monoisotopic (exact) mass is 501 g/mol. The summed E-state index contributed by atoms with van der Waals surface area (Å²) in [4.78, 5) is 27.7. The van der Waals surface area contributed by atoms with E-state index in [1.54, 1.807) is 24.0 Å². The number of hydrogen-bond acceptors (Lipinski definition) is 4. The lowest BCUT2D eigenvalue weighted by Crippen LogP contribution is -2.48. The lowest BCUT2D eigenvalue weighted by Gasteiger charge is -2.30. The Kier molecular flexibility index (Phi) is 10.8. The van der Waals surface area contributed by atoms with Gasteiger partial charge in [-0.1, -0.05) is 55.3 Å². The van der Waals surface area contributed by atoms with E-state index < -0.39 is 16.1 Å². The van der Waals surface area contributed by atoms with E-state index >= 15 is 0 Å². The lowest BCUT2D eigenvalue weighted by molar-refractivity contribution is -0.140. The average Bonchev–Trinajstić information content (AvgIpc) is 2.81. The number of rotatable bonds is 13. The van der Waals surface area contributed by atoms with E-state index in [-0.39, 0.29) is 24.8 Å². The summed E-state index contributed by atoms with van der Waals surface area (Å²) in [5.41, 5.74) is 3.64. The van der Waals surface area contributed by atoms with Crippen LogP contribution in [0.15, 0.2) is 48.5 Å². The van der Waals surface area contributed by atoms with Crippen LogP contribution in [0.5, 0.6) is 0 Å². The predicted molar refractivity (Wildman–Crippen MR) is 142 cm³/mol. The first-order valence-electron chi connectivity index (χ1n) is 12.2. The third-order valence-electron chi connectivity index (χ3n) is 6.07. The highest BCUT2D eigenvalue weighted by Gasteiger charge is 2.26. The third kappa shape index (κ3) is 8.69. The van der Waals surface area contributed by atoms with Crippen molar-refractivity contribution >= 4 is 27.5 Å². The van der Waals surface area contributed by atoms with E-state index in [0.29, 0.717) is 25.2 Å². The molecule has 0 heterocycles. The number of nitrogens with zero attached hydrogens (tertiary/aromatic N) is 2. The van der Waals surface area contributed by atoms with Gasteiger partial charge in [0, 0.05) is 26.1 Å². The number of benzene rings is 2. The Morgan fingerprint density at radius 3 is 2.26 bits per heavy atom. The summed E-state index contributed by atoms with van der Waals surface area (Å²) < 4.78 is 26.1. The highest BCUT2D eigenvalue weighted by atomic mass is 32.2. The fourth-order valence-electron chi connectivity index (χ4n) is 3.80. The van der Waals surface area contributed by atoms with Gasteiger partial charge in [-0.05, 0) is 56.9 Å². The van der Waals surface area contributed by atoms with Gasteiger partial charge in [0.25, 0.3) is 0 Å². The van der Waals surface area contributed by atoms with Gasteiger partial charge >= 0.3 is 0 Å². The molecule has 192 valence electrons. The highest BCUT2D eigenvalue weighted by Crippen LogP contribution is 2.20. The minimum absolute atomic E-state index is 0.135. The molecule has 2 aromatic rings. The topological polar surface area (TPSA) is 86.8 Å². The minimum atomic E-state index is -3.50. The zero-order valence-corrected chi connectivity index (χ0v) is 22.4. The van der Waals surface area contributed by atoms with E-state index in [0.717, 1.165) is 29.5 Å². The Morgan fingerprint density at radius 2 is 1.66 bits per heavy atom. The van der Waals surface area contributed by atoms with Crippen molar-refractivity contribution < 1.29 is 18.0 Å². The molecule has 2 amide bonds. The van der Waals surface area contributed by atoms with E-state index in [1.165, 1.54) is 10.6 Å². The molecule has 1 atom stereocenters. The van der Waals surface area contributed by atoms with Gasteiger partial charge in [0.2, 0.25) is 21.8 Å². The Morgan fingerprint density at radius 1 is 1.00 bits per heavy atom. The highest BCUT2D eigenvalue weighted by molar-refractivity contribution is 7.92. The first kappa shape index (κ1) is 28.4. The first-order chi connectivity index (χ1) is 16.5. The van der Waals surface area contributed by atoms with Crippen LogP contribution in [0.25, 0.3) is 0 Å². The number of carbonyl (C=O) groups excluding carboxylic acids is 2. The fraction of sp³-hybridized carbons (Fsp3) is 0.481. The summed E-state index contributed by atoms with van der Waals surface area (Å²) >= 11 is 0. The zero-order valence-electron chi connectivity index (χ0n) is 21.6. The van der Waals surface area contributed by atoms with Crippen LogP contribution in [0.4, 0.5) is 5.69 Å². The number of nitrogens with one attached hydrogen (secondary N) is 1. The standard InChI is InChI=1S/C27H39N3O4S/c1-6-7-18-28-27(32)23(4)29(20-24-12-9-8-11-22(24)3)26(31)13-10-19-30(35(5,33)34)25-16-14-21(2)15-17-25/h8-9,11-12,14-17,23H,6-7,10,13,18-20H2,1-5H3,(H,28,32)/t23-/m1/s1. The van der Waals surface area contributed by atoms with Crippen molar-refractivity contribution in [1.82, 2.24) is 10.2 Å². The van der Waals surface area contributed by atoms with Crippen molar-refractivity contribution in [2.75, 3.05) is 23.7 Å². The maximum absolute atomic E-state index is 13.3. The van der Waals surface area contributed by atoms with E-state index in [4.69, 9.17) is 0 Å².